The number of methoxy groups -OCH3 is 1. The zero-order chi connectivity index (χ0) is 16.6. The second-order valence-corrected chi connectivity index (χ2v) is 6.28. The summed E-state index contributed by atoms with van der Waals surface area (Å²) in [7, 11) is 1.60. The number of likely N-dealkylation sites (tertiary alicyclic amines) is 1. The Morgan fingerprint density at radius 1 is 1.39 bits per heavy atom. The van der Waals surface area contributed by atoms with Gasteiger partial charge in [0, 0.05) is 24.2 Å². The van der Waals surface area contributed by atoms with Gasteiger partial charge in [-0.15, -0.1) is 0 Å². The Labute approximate surface area is 135 Å². The molecule has 0 spiro atoms. The number of aliphatic hydroxyl groups excluding tert-OH is 1. The molecule has 2 unspecified atom stereocenters. The number of fused-ring (bicyclic) bond motifs is 1. The summed E-state index contributed by atoms with van der Waals surface area (Å²) in [4.78, 5) is 19.2. The van der Waals surface area contributed by atoms with Crippen molar-refractivity contribution in [3.05, 3.63) is 35.5 Å². The Balaban J connectivity index is 2.02. The molecule has 0 bridgehead atoms. The zero-order valence-electron chi connectivity index (χ0n) is 13.7. The van der Waals surface area contributed by atoms with Gasteiger partial charge < -0.3 is 14.7 Å². The van der Waals surface area contributed by atoms with E-state index in [0.717, 1.165) is 23.0 Å². The van der Waals surface area contributed by atoms with Gasteiger partial charge in [-0.2, -0.15) is 0 Å². The second kappa shape index (κ2) is 6.16. The number of benzene rings is 1. The van der Waals surface area contributed by atoms with E-state index in [1.54, 1.807) is 12.0 Å². The fourth-order valence-electron chi connectivity index (χ4n) is 3.04. The quantitative estimate of drug-likeness (QED) is 0.924. The van der Waals surface area contributed by atoms with Crippen LogP contribution in [-0.4, -0.2) is 47.2 Å². The number of aromatic nitrogens is 1. The molecule has 2 heterocycles. The maximum atomic E-state index is 13.0. The molecular formula is C18H22N2O3. The van der Waals surface area contributed by atoms with Crippen molar-refractivity contribution in [3.8, 4) is 5.75 Å². The molecule has 1 fully saturated rings. The standard InChI is InChI=1S/C18H22N2O3/c1-11-6-7-20(10-17(11)21)18(22)15-8-12(2)19-16-5-4-13(23-3)9-14(15)16/h4-5,8-9,11,17,21H,6-7,10H2,1-3H3. The van der Waals surface area contributed by atoms with Crippen LogP contribution in [0, 0.1) is 12.8 Å². The van der Waals surface area contributed by atoms with E-state index in [1.807, 2.05) is 38.1 Å². The smallest absolute Gasteiger partial charge is 0.254 e. The van der Waals surface area contributed by atoms with Gasteiger partial charge in [0.25, 0.3) is 5.91 Å². The molecular weight excluding hydrogens is 292 g/mol. The van der Waals surface area contributed by atoms with E-state index in [2.05, 4.69) is 4.98 Å². The lowest BCUT2D eigenvalue weighted by atomic mass is 9.95. The Morgan fingerprint density at radius 3 is 2.87 bits per heavy atom. The SMILES string of the molecule is COc1ccc2nc(C)cc(C(=O)N3CCC(C)C(O)C3)c2c1. The van der Waals surface area contributed by atoms with Crippen LogP contribution in [0.1, 0.15) is 29.4 Å². The Morgan fingerprint density at radius 2 is 2.17 bits per heavy atom. The van der Waals surface area contributed by atoms with Crippen LogP contribution in [0.25, 0.3) is 10.9 Å². The van der Waals surface area contributed by atoms with E-state index in [4.69, 9.17) is 4.74 Å². The summed E-state index contributed by atoms with van der Waals surface area (Å²) >= 11 is 0. The molecule has 1 amide bonds. The maximum Gasteiger partial charge on any atom is 0.254 e. The van der Waals surface area contributed by atoms with Crippen LogP contribution in [0.5, 0.6) is 5.75 Å². The molecule has 1 aliphatic heterocycles. The summed E-state index contributed by atoms with van der Waals surface area (Å²) in [6.07, 6.45) is 0.356. The highest BCUT2D eigenvalue weighted by molar-refractivity contribution is 6.06. The van der Waals surface area contributed by atoms with Crippen LogP contribution in [0.2, 0.25) is 0 Å². The fourth-order valence-corrected chi connectivity index (χ4v) is 3.04. The summed E-state index contributed by atoms with van der Waals surface area (Å²) in [5.74, 6) is 0.874. The lowest BCUT2D eigenvalue weighted by Crippen LogP contribution is -2.45. The number of aliphatic hydroxyl groups is 1. The molecule has 122 valence electrons. The van der Waals surface area contributed by atoms with Crippen LogP contribution < -0.4 is 4.74 Å². The minimum Gasteiger partial charge on any atom is -0.497 e. The minimum atomic E-state index is -0.462. The van der Waals surface area contributed by atoms with Gasteiger partial charge in [0.2, 0.25) is 0 Å². The summed E-state index contributed by atoms with van der Waals surface area (Å²) in [5.41, 5.74) is 2.20. The molecule has 1 aromatic heterocycles. The van der Waals surface area contributed by atoms with E-state index < -0.39 is 6.10 Å². The van der Waals surface area contributed by atoms with Crippen molar-refractivity contribution in [2.24, 2.45) is 5.92 Å². The van der Waals surface area contributed by atoms with Crippen LogP contribution in [-0.2, 0) is 0 Å². The first kappa shape index (κ1) is 15.7. The highest BCUT2D eigenvalue weighted by Crippen LogP contribution is 2.26. The number of nitrogens with zero attached hydrogens (tertiary/aromatic N) is 2. The number of carbonyl (C=O) groups excluding carboxylic acids is 1. The average Bonchev–Trinajstić information content (AvgIpc) is 2.55. The lowest BCUT2D eigenvalue weighted by molar-refractivity contribution is 0.0250. The van der Waals surface area contributed by atoms with Crippen molar-refractivity contribution in [2.45, 2.75) is 26.4 Å². The molecule has 5 nitrogen and oxygen atoms in total. The van der Waals surface area contributed by atoms with Gasteiger partial charge in [0.05, 0.1) is 24.3 Å². The van der Waals surface area contributed by atoms with Gasteiger partial charge in [0.1, 0.15) is 5.75 Å². The van der Waals surface area contributed by atoms with E-state index >= 15 is 0 Å². The molecule has 3 rings (SSSR count). The summed E-state index contributed by atoms with van der Waals surface area (Å²) < 4.78 is 5.27. The third kappa shape index (κ3) is 3.01. The number of amides is 1. The topological polar surface area (TPSA) is 62.7 Å². The molecule has 1 aromatic carbocycles. The number of pyridine rings is 1. The summed E-state index contributed by atoms with van der Waals surface area (Å²) in [6, 6.07) is 7.37. The molecule has 0 aliphatic carbocycles. The average molecular weight is 314 g/mol. The number of rotatable bonds is 2. The van der Waals surface area contributed by atoms with Gasteiger partial charge >= 0.3 is 0 Å². The molecule has 1 saturated heterocycles. The monoisotopic (exact) mass is 314 g/mol. The highest BCUT2D eigenvalue weighted by atomic mass is 16.5. The van der Waals surface area contributed by atoms with Crippen molar-refractivity contribution < 1.29 is 14.6 Å². The van der Waals surface area contributed by atoms with Gasteiger partial charge in [-0.25, -0.2) is 0 Å². The number of hydrogen-bond acceptors (Lipinski definition) is 4. The Kier molecular flexibility index (Phi) is 4.22. The number of aryl methyl sites for hydroxylation is 1. The molecule has 0 saturated carbocycles. The molecule has 0 radical (unpaired) electrons. The first-order valence-corrected chi connectivity index (χ1v) is 7.92. The summed E-state index contributed by atoms with van der Waals surface area (Å²) in [5, 5.41) is 10.9. The normalized spacial score (nSPS) is 21.5. The lowest BCUT2D eigenvalue weighted by Gasteiger charge is -2.34. The predicted molar refractivity (Wildman–Crippen MR) is 88.7 cm³/mol. The minimum absolute atomic E-state index is 0.0558. The predicted octanol–water partition coefficient (Wildman–Crippen LogP) is 2.39. The van der Waals surface area contributed by atoms with Crippen LogP contribution in [0.3, 0.4) is 0 Å². The Hall–Kier alpha value is -2.14. The number of carbonyl (C=O) groups is 1. The van der Waals surface area contributed by atoms with Gasteiger partial charge in [-0.05, 0) is 43.5 Å². The molecule has 23 heavy (non-hydrogen) atoms. The number of hydrogen-bond donors (Lipinski definition) is 1. The van der Waals surface area contributed by atoms with Gasteiger partial charge in [-0.1, -0.05) is 6.92 Å². The van der Waals surface area contributed by atoms with Crippen molar-refractivity contribution >= 4 is 16.8 Å². The number of β-amino-alcohol motifs (C(OH)–C–C–N with tert-alkyl or cyclic N) is 1. The maximum absolute atomic E-state index is 13.0. The molecule has 1 N–H and O–H groups in total. The van der Waals surface area contributed by atoms with E-state index in [-0.39, 0.29) is 11.8 Å². The molecule has 2 aromatic rings. The van der Waals surface area contributed by atoms with Gasteiger partial charge in [0.15, 0.2) is 0 Å². The first-order chi connectivity index (χ1) is 11.0. The second-order valence-electron chi connectivity index (χ2n) is 6.28. The highest BCUT2D eigenvalue weighted by Gasteiger charge is 2.28. The van der Waals surface area contributed by atoms with E-state index in [0.29, 0.717) is 24.4 Å². The van der Waals surface area contributed by atoms with E-state index in [1.165, 1.54) is 0 Å². The fraction of sp³-hybridized carbons (Fsp3) is 0.444. The molecule has 5 heteroatoms. The summed E-state index contributed by atoms with van der Waals surface area (Å²) in [6.45, 7) is 4.95. The van der Waals surface area contributed by atoms with Crippen LogP contribution in [0.15, 0.2) is 24.3 Å². The third-order valence-electron chi connectivity index (χ3n) is 4.58. The zero-order valence-corrected chi connectivity index (χ0v) is 13.7. The largest absolute Gasteiger partial charge is 0.497 e. The van der Waals surface area contributed by atoms with Crippen molar-refractivity contribution in [2.75, 3.05) is 20.2 Å². The van der Waals surface area contributed by atoms with Crippen LogP contribution in [0.4, 0.5) is 0 Å². The molecule has 1 aliphatic rings. The van der Waals surface area contributed by atoms with Gasteiger partial charge in [-0.3, -0.25) is 9.78 Å². The van der Waals surface area contributed by atoms with E-state index in [9.17, 15) is 9.90 Å². The first-order valence-electron chi connectivity index (χ1n) is 7.92. The third-order valence-corrected chi connectivity index (χ3v) is 4.58. The van der Waals surface area contributed by atoms with Crippen molar-refractivity contribution in [1.82, 2.24) is 9.88 Å². The van der Waals surface area contributed by atoms with Crippen molar-refractivity contribution in [1.29, 1.82) is 0 Å². The number of ether oxygens (including phenoxy) is 1. The Bertz CT molecular complexity index is 744. The molecule has 2 atom stereocenters. The van der Waals surface area contributed by atoms with Crippen LogP contribution >= 0.6 is 0 Å². The van der Waals surface area contributed by atoms with Crippen molar-refractivity contribution in [3.63, 3.8) is 0 Å². The number of piperidine rings is 1.